The number of halogens is 1. The zero-order valence-corrected chi connectivity index (χ0v) is 24.9. The van der Waals surface area contributed by atoms with E-state index in [1.165, 1.54) is 16.4 Å². The number of aryl methyl sites for hydroxylation is 1. The molecule has 1 heterocycles. The number of sulfonamides is 1. The Kier molecular flexibility index (Phi) is 9.57. The Balaban J connectivity index is 1.48. The van der Waals surface area contributed by atoms with Crippen molar-refractivity contribution in [3.63, 3.8) is 0 Å². The van der Waals surface area contributed by atoms with Crippen LogP contribution in [0.25, 0.3) is 5.69 Å². The van der Waals surface area contributed by atoms with Crippen molar-refractivity contribution in [1.29, 1.82) is 0 Å². The number of nitrogens with zero attached hydrogens (tertiary/aromatic N) is 3. The van der Waals surface area contributed by atoms with Crippen LogP contribution in [0.4, 0.5) is 0 Å². The number of carbonyl (C=O) groups excluding carboxylic acids is 1. The van der Waals surface area contributed by atoms with Gasteiger partial charge in [0.05, 0.1) is 24.8 Å². The minimum Gasteiger partial charge on any atom is -0.497 e. The average Bonchev–Trinajstić information content (AvgIpc) is 3.24. The molecule has 0 unspecified atom stereocenters. The van der Waals surface area contributed by atoms with Gasteiger partial charge in [-0.2, -0.15) is 9.41 Å². The van der Waals surface area contributed by atoms with Crippen molar-refractivity contribution in [2.24, 2.45) is 5.10 Å². The molecule has 0 saturated heterocycles. The minimum atomic E-state index is -3.92. The molecule has 4 aromatic rings. The molecule has 0 aliphatic rings. The summed E-state index contributed by atoms with van der Waals surface area (Å²) < 4.78 is 36.2. The first kappa shape index (κ1) is 29.3. The van der Waals surface area contributed by atoms with E-state index in [1.54, 1.807) is 25.5 Å². The van der Waals surface area contributed by atoms with Crippen LogP contribution in [0.5, 0.6) is 5.75 Å². The summed E-state index contributed by atoms with van der Waals surface area (Å²) in [5.74, 6) is 0.240. The molecule has 10 heteroatoms. The molecule has 8 nitrogen and oxygen atoms in total. The molecular weight excluding hydrogens is 592 g/mol. The summed E-state index contributed by atoms with van der Waals surface area (Å²) >= 11 is 3.33. The SMILES string of the molecule is COc1ccc(-n2c(C)cc(/C=N/NC(=O)CN(CCc3ccccc3)S(=O)(=O)c3ccc(Br)cc3)c2C)cc1. The molecule has 1 amide bonds. The van der Waals surface area contributed by atoms with Crippen molar-refractivity contribution in [3.05, 3.63) is 112 Å². The third-order valence-electron chi connectivity index (χ3n) is 6.46. The number of hydrogen-bond donors (Lipinski definition) is 1. The second-order valence-electron chi connectivity index (χ2n) is 9.18. The fourth-order valence-corrected chi connectivity index (χ4v) is 6.02. The molecule has 0 aliphatic heterocycles. The molecule has 0 aliphatic carbocycles. The summed E-state index contributed by atoms with van der Waals surface area (Å²) in [6, 6.07) is 25.6. The molecular formula is C30H31BrN4O4S. The first-order chi connectivity index (χ1) is 19.2. The Morgan fingerprint density at radius 2 is 1.70 bits per heavy atom. The van der Waals surface area contributed by atoms with Gasteiger partial charge in [-0.05, 0) is 80.4 Å². The number of hydrogen-bond acceptors (Lipinski definition) is 5. The standard InChI is InChI=1S/C30H31BrN4O4S/c1-22-19-25(23(2)35(22)27-11-13-28(39-3)14-12-27)20-32-33-30(36)21-34(18-17-24-7-5-4-6-8-24)40(37,38)29-15-9-26(31)10-16-29/h4-16,19-20H,17-18,21H2,1-3H3,(H,33,36)/b32-20+. The molecule has 1 aromatic heterocycles. The second kappa shape index (κ2) is 13.1. The number of nitrogens with one attached hydrogen (secondary N) is 1. The fraction of sp³-hybridized carbons (Fsp3) is 0.200. The third-order valence-corrected chi connectivity index (χ3v) is 8.85. The van der Waals surface area contributed by atoms with E-state index < -0.39 is 15.9 Å². The number of benzene rings is 3. The summed E-state index contributed by atoms with van der Waals surface area (Å²) in [7, 11) is -2.29. The molecule has 208 valence electrons. The van der Waals surface area contributed by atoms with Crippen LogP contribution in [0.3, 0.4) is 0 Å². The maximum absolute atomic E-state index is 13.4. The number of ether oxygens (including phenoxy) is 1. The summed E-state index contributed by atoms with van der Waals surface area (Å²) in [6.45, 7) is 3.73. The molecule has 0 radical (unpaired) electrons. The quantitative estimate of drug-likeness (QED) is 0.183. The maximum Gasteiger partial charge on any atom is 0.255 e. The van der Waals surface area contributed by atoms with Crippen LogP contribution in [0, 0.1) is 13.8 Å². The summed E-state index contributed by atoms with van der Waals surface area (Å²) in [4.78, 5) is 13.0. The van der Waals surface area contributed by atoms with Gasteiger partial charge in [0.25, 0.3) is 5.91 Å². The Morgan fingerprint density at radius 1 is 1.02 bits per heavy atom. The van der Waals surface area contributed by atoms with E-state index in [0.717, 1.165) is 38.4 Å². The lowest BCUT2D eigenvalue weighted by Gasteiger charge is -2.21. The molecule has 3 aromatic carbocycles. The van der Waals surface area contributed by atoms with Crippen LogP contribution >= 0.6 is 15.9 Å². The Labute approximate surface area is 243 Å². The van der Waals surface area contributed by atoms with Gasteiger partial charge in [0.15, 0.2) is 0 Å². The lowest BCUT2D eigenvalue weighted by atomic mass is 10.1. The Hall–Kier alpha value is -3.73. The van der Waals surface area contributed by atoms with Gasteiger partial charge in [0.1, 0.15) is 5.75 Å². The predicted molar refractivity (Wildman–Crippen MR) is 161 cm³/mol. The fourth-order valence-electron chi connectivity index (χ4n) is 4.35. The van der Waals surface area contributed by atoms with Crippen molar-refractivity contribution in [2.75, 3.05) is 20.2 Å². The van der Waals surface area contributed by atoms with Gasteiger partial charge in [0.2, 0.25) is 10.0 Å². The number of rotatable bonds is 11. The number of amides is 1. The lowest BCUT2D eigenvalue weighted by molar-refractivity contribution is -0.121. The van der Waals surface area contributed by atoms with E-state index >= 15 is 0 Å². The average molecular weight is 624 g/mol. The molecule has 0 atom stereocenters. The molecule has 0 bridgehead atoms. The van der Waals surface area contributed by atoms with E-state index in [4.69, 9.17) is 4.74 Å². The van der Waals surface area contributed by atoms with Gasteiger partial charge in [-0.15, -0.1) is 0 Å². The van der Waals surface area contributed by atoms with Gasteiger partial charge in [-0.3, -0.25) is 4.79 Å². The Morgan fingerprint density at radius 3 is 2.35 bits per heavy atom. The Bertz CT molecular complexity index is 1580. The molecule has 0 saturated carbocycles. The van der Waals surface area contributed by atoms with Crippen molar-refractivity contribution in [2.45, 2.75) is 25.2 Å². The number of aromatic nitrogens is 1. The van der Waals surface area contributed by atoms with Crippen LogP contribution in [0.15, 0.2) is 99.4 Å². The first-order valence-corrected chi connectivity index (χ1v) is 14.9. The van der Waals surface area contributed by atoms with E-state index in [2.05, 4.69) is 31.0 Å². The number of methoxy groups -OCH3 is 1. The highest BCUT2D eigenvalue weighted by molar-refractivity contribution is 9.10. The predicted octanol–water partition coefficient (Wildman–Crippen LogP) is 5.25. The van der Waals surface area contributed by atoms with Gasteiger partial charge in [0, 0.05) is 33.7 Å². The smallest absolute Gasteiger partial charge is 0.255 e. The van der Waals surface area contributed by atoms with Gasteiger partial charge < -0.3 is 9.30 Å². The zero-order chi connectivity index (χ0) is 28.7. The maximum atomic E-state index is 13.4. The molecule has 0 spiro atoms. The van der Waals surface area contributed by atoms with Crippen LogP contribution < -0.4 is 10.2 Å². The van der Waals surface area contributed by atoms with Crippen molar-refractivity contribution >= 4 is 38.1 Å². The molecule has 1 N–H and O–H groups in total. The topological polar surface area (TPSA) is 93.0 Å². The monoisotopic (exact) mass is 622 g/mol. The second-order valence-corrected chi connectivity index (χ2v) is 12.0. The molecule has 40 heavy (non-hydrogen) atoms. The highest BCUT2D eigenvalue weighted by Crippen LogP contribution is 2.22. The van der Waals surface area contributed by atoms with Gasteiger partial charge in [-0.1, -0.05) is 46.3 Å². The van der Waals surface area contributed by atoms with E-state index in [9.17, 15) is 13.2 Å². The summed E-state index contributed by atoms with van der Waals surface area (Å²) in [5, 5.41) is 4.13. The van der Waals surface area contributed by atoms with Crippen molar-refractivity contribution in [1.82, 2.24) is 14.3 Å². The highest BCUT2D eigenvalue weighted by atomic mass is 79.9. The van der Waals surface area contributed by atoms with Crippen LogP contribution in [-0.2, 0) is 21.2 Å². The van der Waals surface area contributed by atoms with Gasteiger partial charge >= 0.3 is 0 Å². The van der Waals surface area contributed by atoms with E-state index in [1.807, 2.05) is 74.5 Å². The van der Waals surface area contributed by atoms with Crippen LogP contribution in [0.1, 0.15) is 22.5 Å². The van der Waals surface area contributed by atoms with E-state index in [0.29, 0.717) is 6.42 Å². The molecule has 4 rings (SSSR count). The first-order valence-electron chi connectivity index (χ1n) is 12.6. The zero-order valence-electron chi connectivity index (χ0n) is 22.5. The van der Waals surface area contributed by atoms with Crippen LogP contribution in [0.2, 0.25) is 0 Å². The normalized spacial score (nSPS) is 11.7. The van der Waals surface area contributed by atoms with E-state index in [-0.39, 0.29) is 18.0 Å². The minimum absolute atomic E-state index is 0.117. The van der Waals surface area contributed by atoms with Crippen molar-refractivity contribution in [3.8, 4) is 11.4 Å². The molecule has 0 fully saturated rings. The number of carbonyl (C=O) groups is 1. The number of hydrazone groups is 1. The summed E-state index contributed by atoms with van der Waals surface area (Å²) in [5.41, 5.74) is 7.23. The summed E-state index contributed by atoms with van der Waals surface area (Å²) in [6.07, 6.45) is 2.03. The van der Waals surface area contributed by atoms with Crippen molar-refractivity contribution < 1.29 is 17.9 Å². The van der Waals surface area contributed by atoms with Gasteiger partial charge in [-0.25, -0.2) is 13.8 Å². The largest absolute Gasteiger partial charge is 0.497 e. The third kappa shape index (κ3) is 7.07. The van der Waals surface area contributed by atoms with Crippen LogP contribution in [-0.4, -0.2) is 49.6 Å². The lowest BCUT2D eigenvalue weighted by Crippen LogP contribution is -2.40. The highest BCUT2D eigenvalue weighted by Gasteiger charge is 2.26.